The molecule has 1 aliphatic heterocycles. The molecule has 124 valence electrons. The molecule has 0 fully saturated rings. The summed E-state index contributed by atoms with van der Waals surface area (Å²) in [6.07, 6.45) is 1.53. The van der Waals surface area contributed by atoms with Gasteiger partial charge in [0.25, 0.3) is 5.69 Å². The molecule has 1 aromatic carbocycles. The summed E-state index contributed by atoms with van der Waals surface area (Å²) in [6, 6.07) is 9.41. The predicted octanol–water partition coefficient (Wildman–Crippen LogP) is 2.46. The van der Waals surface area contributed by atoms with Crippen LogP contribution in [0.15, 0.2) is 41.0 Å². The van der Waals surface area contributed by atoms with Crippen LogP contribution in [0.4, 0.5) is 5.69 Å². The number of nitrogens with zero attached hydrogens (tertiary/aromatic N) is 4. The minimum absolute atomic E-state index is 0.00837. The topological polar surface area (TPSA) is 111 Å². The fourth-order valence-electron chi connectivity index (χ4n) is 2.41. The van der Waals surface area contributed by atoms with E-state index in [1.54, 1.807) is 23.7 Å². The average Bonchev–Trinajstić information content (AvgIpc) is 3.10. The van der Waals surface area contributed by atoms with Crippen LogP contribution in [0.25, 0.3) is 6.08 Å². The number of rotatable bonds is 3. The van der Waals surface area contributed by atoms with Gasteiger partial charge in [-0.1, -0.05) is 6.07 Å². The summed E-state index contributed by atoms with van der Waals surface area (Å²) in [5, 5.41) is 19.9. The first-order valence-electron chi connectivity index (χ1n) is 7.24. The standard InChI is InChI=1S/C17H12N4O4/c1-10-12(7-14(9-18)20(10)2)8-15-17(22)25-16(19-15)11-4-3-5-13(6-11)21(23)24/h3-8H,1-2H3/b15-8-. The molecule has 3 rings (SSSR count). The monoisotopic (exact) mass is 336 g/mol. The Morgan fingerprint density at radius 2 is 2.16 bits per heavy atom. The van der Waals surface area contributed by atoms with Crippen LogP contribution in [0.5, 0.6) is 0 Å². The second-order valence-electron chi connectivity index (χ2n) is 5.38. The molecule has 0 amide bonds. The first-order valence-corrected chi connectivity index (χ1v) is 7.24. The van der Waals surface area contributed by atoms with Gasteiger partial charge in [0, 0.05) is 30.4 Å². The molecule has 1 aromatic heterocycles. The Labute approximate surface area is 142 Å². The zero-order chi connectivity index (χ0) is 18.1. The van der Waals surface area contributed by atoms with Crippen LogP contribution < -0.4 is 0 Å². The van der Waals surface area contributed by atoms with Crippen LogP contribution in [0.2, 0.25) is 0 Å². The molecule has 0 N–H and O–H groups in total. The van der Waals surface area contributed by atoms with Crippen molar-refractivity contribution in [3.05, 3.63) is 68.7 Å². The maximum absolute atomic E-state index is 12.0. The Hall–Kier alpha value is -3.73. The van der Waals surface area contributed by atoms with Gasteiger partial charge in [0.2, 0.25) is 5.90 Å². The number of ether oxygens (including phenoxy) is 1. The van der Waals surface area contributed by atoms with E-state index < -0.39 is 10.9 Å². The number of esters is 1. The van der Waals surface area contributed by atoms with Crippen molar-refractivity contribution in [2.75, 3.05) is 0 Å². The highest BCUT2D eigenvalue weighted by molar-refractivity contribution is 6.13. The van der Waals surface area contributed by atoms with E-state index in [0.29, 0.717) is 16.8 Å². The molecular formula is C17H12N4O4. The number of aromatic nitrogens is 1. The van der Waals surface area contributed by atoms with Crippen molar-refractivity contribution in [2.24, 2.45) is 12.0 Å². The van der Waals surface area contributed by atoms with Gasteiger partial charge in [0.15, 0.2) is 5.70 Å². The van der Waals surface area contributed by atoms with E-state index in [4.69, 9.17) is 10.00 Å². The molecular weight excluding hydrogens is 324 g/mol. The first-order chi connectivity index (χ1) is 11.9. The summed E-state index contributed by atoms with van der Waals surface area (Å²) in [6.45, 7) is 1.82. The summed E-state index contributed by atoms with van der Waals surface area (Å²) >= 11 is 0. The Bertz CT molecular complexity index is 1010. The third-order valence-electron chi connectivity index (χ3n) is 3.91. The summed E-state index contributed by atoms with van der Waals surface area (Å²) < 4.78 is 6.82. The fourth-order valence-corrected chi connectivity index (χ4v) is 2.41. The molecule has 0 saturated heterocycles. The number of non-ortho nitro benzene ring substituents is 1. The lowest BCUT2D eigenvalue weighted by Crippen LogP contribution is -2.05. The van der Waals surface area contributed by atoms with E-state index in [2.05, 4.69) is 11.1 Å². The van der Waals surface area contributed by atoms with Gasteiger partial charge < -0.3 is 9.30 Å². The molecule has 1 aliphatic rings. The number of nitro benzene ring substituents is 1. The Balaban J connectivity index is 2.00. The van der Waals surface area contributed by atoms with E-state index in [9.17, 15) is 14.9 Å². The van der Waals surface area contributed by atoms with E-state index in [-0.39, 0.29) is 17.3 Å². The number of nitro groups is 1. The third kappa shape index (κ3) is 2.90. The molecule has 25 heavy (non-hydrogen) atoms. The lowest BCUT2D eigenvalue weighted by molar-refractivity contribution is -0.384. The van der Waals surface area contributed by atoms with Gasteiger partial charge in [0.1, 0.15) is 11.8 Å². The second kappa shape index (κ2) is 6.05. The summed E-state index contributed by atoms with van der Waals surface area (Å²) in [5.41, 5.74) is 2.23. The second-order valence-corrected chi connectivity index (χ2v) is 5.38. The number of cyclic esters (lactones) is 1. The minimum Gasteiger partial charge on any atom is -0.402 e. The number of carbonyl (C=O) groups is 1. The van der Waals surface area contributed by atoms with Gasteiger partial charge in [-0.3, -0.25) is 10.1 Å². The van der Waals surface area contributed by atoms with Crippen LogP contribution in [0.3, 0.4) is 0 Å². The molecule has 0 atom stereocenters. The highest BCUT2D eigenvalue weighted by Crippen LogP contribution is 2.23. The SMILES string of the molecule is Cc1c(/C=C2\N=C(c3cccc([N+](=O)[O-])c3)OC2=O)cc(C#N)n1C. The molecule has 0 radical (unpaired) electrons. The van der Waals surface area contributed by atoms with Gasteiger partial charge in [-0.2, -0.15) is 5.26 Å². The molecule has 0 bridgehead atoms. The predicted molar refractivity (Wildman–Crippen MR) is 88.6 cm³/mol. The number of hydrogen-bond acceptors (Lipinski definition) is 6. The molecule has 2 aromatic rings. The van der Waals surface area contributed by atoms with Crippen LogP contribution >= 0.6 is 0 Å². The average molecular weight is 336 g/mol. The quantitative estimate of drug-likeness (QED) is 0.370. The lowest BCUT2D eigenvalue weighted by Gasteiger charge is -1.98. The Morgan fingerprint density at radius 1 is 1.40 bits per heavy atom. The molecule has 8 nitrogen and oxygen atoms in total. The highest BCUT2D eigenvalue weighted by atomic mass is 16.6. The maximum Gasteiger partial charge on any atom is 0.363 e. The van der Waals surface area contributed by atoms with E-state index >= 15 is 0 Å². The van der Waals surface area contributed by atoms with Gasteiger partial charge >= 0.3 is 5.97 Å². The van der Waals surface area contributed by atoms with Gasteiger partial charge in [-0.05, 0) is 30.7 Å². The molecule has 0 saturated carbocycles. The van der Waals surface area contributed by atoms with E-state index in [1.165, 1.54) is 24.3 Å². The van der Waals surface area contributed by atoms with Crippen molar-refractivity contribution in [2.45, 2.75) is 6.92 Å². The van der Waals surface area contributed by atoms with Crippen molar-refractivity contribution in [3.63, 3.8) is 0 Å². The van der Waals surface area contributed by atoms with Crippen molar-refractivity contribution in [1.82, 2.24) is 4.57 Å². The zero-order valence-electron chi connectivity index (χ0n) is 13.4. The van der Waals surface area contributed by atoms with E-state index in [1.807, 2.05) is 6.92 Å². The molecule has 2 heterocycles. The van der Waals surface area contributed by atoms with Crippen LogP contribution in [0, 0.1) is 28.4 Å². The van der Waals surface area contributed by atoms with Gasteiger partial charge in [-0.25, -0.2) is 9.79 Å². The van der Waals surface area contributed by atoms with Crippen molar-refractivity contribution in [3.8, 4) is 6.07 Å². The Morgan fingerprint density at radius 3 is 2.80 bits per heavy atom. The molecule has 0 unspecified atom stereocenters. The number of aliphatic imine (C=N–C) groups is 1. The number of hydrogen-bond donors (Lipinski definition) is 0. The Kier molecular flexibility index (Phi) is 3.91. The third-order valence-corrected chi connectivity index (χ3v) is 3.91. The minimum atomic E-state index is -0.650. The van der Waals surface area contributed by atoms with Crippen molar-refractivity contribution < 1.29 is 14.5 Å². The summed E-state index contributed by atoms with van der Waals surface area (Å²) in [5.74, 6) is -0.641. The molecule has 0 spiro atoms. The lowest BCUT2D eigenvalue weighted by atomic mass is 10.2. The largest absolute Gasteiger partial charge is 0.402 e. The first kappa shape index (κ1) is 16.1. The van der Waals surface area contributed by atoms with Crippen LogP contribution in [-0.2, 0) is 16.6 Å². The normalized spacial score (nSPS) is 15.0. The number of benzene rings is 1. The molecule has 0 aliphatic carbocycles. The van der Waals surface area contributed by atoms with Gasteiger partial charge in [0.05, 0.1) is 4.92 Å². The highest BCUT2D eigenvalue weighted by Gasteiger charge is 2.25. The van der Waals surface area contributed by atoms with Crippen molar-refractivity contribution in [1.29, 1.82) is 5.26 Å². The molecule has 8 heteroatoms. The van der Waals surface area contributed by atoms with Gasteiger partial charge in [-0.15, -0.1) is 0 Å². The summed E-state index contributed by atoms with van der Waals surface area (Å²) in [4.78, 5) is 26.5. The smallest absolute Gasteiger partial charge is 0.363 e. The van der Waals surface area contributed by atoms with E-state index in [0.717, 1.165) is 5.69 Å². The zero-order valence-corrected chi connectivity index (χ0v) is 13.4. The fraction of sp³-hybridized carbons (Fsp3) is 0.118. The number of nitriles is 1. The number of carbonyl (C=O) groups excluding carboxylic acids is 1. The van der Waals surface area contributed by atoms with Crippen molar-refractivity contribution >= 4 is 23.6 Å². The van der Waals surface area contributed by atoms with Crippen LogP contribution in [0.1, 0.15) is 22.5 Å². The summed E-state index contributed by atoms with van der Waals surface area (Å²) in [7, 11) is 1.75. The van der Waals surface area contributed by atoms with Crippen LogP contribution in [-0.4, -0.2) is 21.4 Å². The maximum atomic E-state index is 12.0.